The zero-order valence-corrected chi connectivity index (χ0v) is 8.18. The van der Waals surface area contributed by atoms with Crippen molar-refractivity contribution in [1.29, 1.82) is 0 Å². The Kier molecular flexibility index (Phi) is 1.77. The quantitative estimate of drug-likeness (QED) is 0.422. The number of amides is 2. The van der Waals surface area contributed by atoms with Gasteiger partial charge in [-0.1, -0.05) is 0 Å². The van der Waals surface area contributed by atoms with Crippen LogP contribution in [0.5, 0.6) is 0 Å². The molecule has 2 saturated heterocycles. The van der Waals surface area contributed by atoms with Gasteiger partial charge in [0.05, 0.1) is 0 Å². The van der Waals surface area contributed by atoms with Crippen molar-refractivity contribution in [3.05, 3.63) is 0 Å². The van der Waals surface area contributed by atoms with Gasteiger partial charge in [0.25, 0.3) is 0 Å². The Hall–Kier alpha value is -1.08. The van der Waals surface area contributed by atoms with Crippen molar-refractivity contribution in [2.45, 2.75) is 12.3 Å². The van der Waals surface area contributed by atoms with Crippen LogP contribution in [0.2, 0.25) is 0 Å². The lowest BCUT2D eigenvalue weighted by atomic mass is 10.3. The van der Waals surface area contributed by atoms with E-state index in [1.165, 1.54) is 0 Å². The molecule has 3 N–H and O–H groups in total. The lowest BCUT2D eigenvalue weighted by molar-refractivity contribution is 0.196. The van der Waals surface area contributed by atoms with Crippen LogP contribution in [0.15, 0.2) is 0 Å². The molecule has 2 amide bonds. The molecule has 0 unspecified atom stereocenters. The maximum Gasteiger partial charge on any atom is 0.322 e. The monoisotopic (exact) mass is 201 g/mol. The SMILES string of the molecule is CN1C(=O)N(C)[C@H]2NC(=S)NN[C@H]21. The molecule has 0 aromatic heterocycles. The highest BCUT2D eigenvalue weighted by Gasteiger charge is 2.44. The number of carbonyl (C=O) groups excluding carboxylic acids is 1. The highest BCUT2D eigenvalue weighted by molar-refractivity contribution is 7.80. The summed E-state index contributed by atoms with van der Waals surface area (Å²) in [4.78, 5) is 14.7. The number of urea groups is 1. The van der Waals surface area contributed by atoms with Gasteiger partial charge in [0.15, 0.2) is 5.11 Å². The largest absolute Gasteiger partial charge is 0.338 e. The second-order valence-corrected chi connectivity index (χ2v) is 3.55. The maximum absolute atomic E-state index is 11.5. The number of carbonyl (C=O) groups is 1. The van der Waals surface area contributed by atoms with Gasteiger partial charge < -0.3 is 15.1 Å². The van der Waals surface area contributed by atoms with Gasteiger partial charge in [-0.3, -0.25) is 5.43 Å². The van der Waals surface area contributed by atoms with E-state index in [9.17, 15) is 4.79 Å². The second kappa shape index (κ2) is 2.71. The smallest absolute Gasteiger partial charge is 0.322 e. The maximum atomic E-state index is 11.5. The molecule has 2 aliphatic rings. The highest BCUT2D eigenvalue weighted by atomic mass is 32.1. The zero-order chi connectivity index (χ0) is 9.59. The predicted octanol–water partition coefficient (Wildman–Crippen LogP) is -1.38. The molecule has 0 spiro atoms. The van der Waals surface area contributed by atoms with E-state index in [-0.39, 0.29) is 18.4 Å². The number of hydrogen-bond acceptors (Lipinski definition) is 3. The van der Waals surface area contributed by atoms with E-state index in [1.807, 2.05) is 0 Å². The number of fused-ring (bicyclic) bond motifs is 1. The summed E-state index contributed by atoms with van der Waals surface area (Å²) in [5.74, 6) is 0. The molecule has 7 heteroatoms. The molecular formula is C6H11N5OS. The third-order valence-corrected chi connectivity index (χ3v) is 2.57. The van der Waals surface area contributed by atoms with Gasteiger partial charge in [0, 0.05) is 14.1 Å². The summed E-state index contributed by atoms with van der Waals surface area (Å²) in [6, 6.07) is -0.0264. The predicted molar refractivity (Wildman–Crippen MR) is 50.5 cm³/mol. The molecule has 0 saturated carbocycles. The fraction of sp³-hybridized carbons (Fsp3) is 0.667. The summed E-state index contributed by atoms with van der Waals surface area (Å²) >= 11 is 4.92. The van der Waals surface area contributed by atoms with Crippen molar-refractivity contribution in [1.82, 2.24) is 26.0 Å². The molecule has 2 fully saturated rings. The van der Waals surface area contributed by atoms with Crippen LogP contribution in [-0.2, 0) is 0 Å². The van der Waals surface area contributed by atoms with Crippen LogP contribution in [0, 0.1) is 0 Å². The Morgan fingerprint density at radius 3 is 2.62 bits per heavy atom. The molecule has 0 aromatic carbocycles. The summed E-state index contributed by atoms with van der Waals surface area (Å²) in [6.45, 7) is 0. The summed E-state index contributed by atoms with van der Waals surface area (Å²) in [6.07, 6.45) is -0.171. The molecule has 2 rings (SSSR count). The molecule has 2 atom stereocenters. The molecule has 2 aliphatic heterocycles. The Balaban J connectivity index is 2.22. The number of nitrogens with one attached hydrogen (secondary N) is 3. The number of thiocarbonyl (C=S) groups is 1. The van der Waals surface area contributed by atoms with Crippen LogP contribution >= 0.6 is 12.2 Å². The van der Waals surface area contributed by atoms with E-state index >= 15 is 0 Å². The van der Waals surface area contributed by atoms with Crippen LogP contribution in [0.3, 0.4) is 0 Å². The summed E-state index contributed by atoms with van der Waals surface area (Å²) in [5, 5.41) is 3.52. The minimum atomic E-state index is -0.0914. The number of hydrazine groups is 1. The summed E-state index contributed by atoms with van der Waals surface area (Å²) in [7, 11) is 3.49. The highest BCUT2D eigenvalue weighted by Crippen LogP contribution is 2.16. The van der Waals surface area contributed by atoms with Crippen molar-refractivity contribution in [3.8, 4) is 0 Å². The van der Waals surface area contributed by atoms with E-state index in [4.69, 9.17) is 12.2 Å². The third kappa shape index (κ3) is 1.11. The molecule has 6 nitrogen and oxygen atoms in total. The van der Waals surface area contributed by atoms with Crippen LogP contribution in [-0.4, -0.2) is 47.4 Å². The van der Waals surface area contributed by atoms with Crippen LogP contribution in [0.4, 0.5) is 4.79 Å². The van der Waals surface area contributed by atoms with Crippen molar-refractivity contribution >= 4 is 23.4 Å². The first-order chi connectivity index (χ1) is 6.11. The Morgan fingerprint density at radius 1 is 1.31 bits per heavy atom. The topological polar surface area (TPSA) is 59.6 Å². The standard InChI is InChI=1S/C6H11N5OS/c1-10-3-4(11(2)6(10)12)8-9-5(13)7-3/h3-4,8H,1-2H3,(H2,7,9,13)/t3-,4+/m1/s1. The van der Waals surface area contributed by atoms with Crippen LogP contribution < -0.4 is 16.2 Å². The van der Waals surface area contributed by atoms with E-state index < -0.39 is 0 Å². The molecule has 2 heterocycles. The average molecular weight is 201 g/mol. The molecule has 0 aliphatic carbocycles. The molecule has 72 valence electrons. The second-order valence-electron chi connectivity index (χ2n) is 3.14. The number of rotatable bonds is 0. The fourth-order valence-electron chi connectivity index (χ4n) is 1.57. The number of likely N-dealkylation sites (N-methyl/N-ethyl adjacent to an activating group) is 2. The third-order valence-electron chi connectivity index (χ3n) is 2.35. The van der Waals surface area contributed by atoms with E-state index in [2.05, 4.69) is 16.2 Å². The first-order valence-corrected chi connectivity index (χ1v) is 4.34. The number of nitrogens with zero attached hydrogens (tertiary/aromatic N) is 2. The van der Waals surface area contributed by atoms with Gasteiger partial charge in [0.2, 0.25) is 0 Å². The Morgan fingerprint density at radius 2 is 1.92 bits per heavy atom. The Labute approximate surface area is 81.2 Å². The average Bonchev–Trinajstić information content (AvgIpc) is 2.32. The minimum Gasteiger partial charge on any atom is -0.338 e. The normalized spacial score (nSPS) is 32.8. The first kappa shape index (κ1) is 8.52. The van der Waals surface area contributed by atoms with Crippen molar-refractivity contribution < 1.29 is 4.79 Å². The minimum absolute atomic E-state index is 0.0264. The van der Waals surface area contributed by atoms with Gasteiger partial charge in [-0.15, -0.1) is 0 Å². The molecule has 13 heavy (non-hydrogen) atoms. The summed E-state index contributed by atoms with van der Waals surface area (Å²) < 4.78 is 0. The van der Waals surface area contributed by atoms with Crippen molar-refractivity contribution in [2.24, 2.45) is 0 Å². The molecular weight excluding hydrogens is 190 g/mol. The van der Waals surface area contributed by atoms with E-state index in [1.54, 1.807) is 23.9 Å². The zero-order valence-electron chi connectivity index (χ0n) is 7.37. The molecule has 0 aromatic rings. The van der Waals surface area contributed by atoms with Gasteiger partial charge in [-0.05, 0) is 12.2 Å². The van der Waals surface area contributed by atoms with Gasteiger partial charge in [-0.25, -0.2) is 10.2 Å². The van der Waals surface area contributed by atoms with E-state index in [0.717, 1.165) is 0 Å². The first-order valence-electron chi connectivity index (χ1n) is 3.93. The van der Waals surface area contributed by atoms with Crippen LogP contribution in [0.25, 0.3) is 0 Å². The van der Waals surface area contributed by atoms with Crippen molar-refractivity contribution in [3.63, 3.8) is 0 Å². The summed E-state index contributed by atoms with van der Waals surface area (Å²) in [5.41, 5.74) is 5.73. The van der Waals surface area contributed by atoms with Crippen molar-refractivity contribution in [2.75, 3.05) is 14.1 Å². The lowest BCUT2D eigenvalue weighted by Gasteiger charge is -2.33. The lowest BCUT2D eigenvalue weighted by Crippen LogP contribution is -2.67. The van der Waals surface area contributed by atoms with Gasteiger partial charge in [-0.2, -0.15) is 0 Å². The van der Waals surface area contributed by atoms with Gasteiger partial charge >= 0.3 is 6.03 Å². The number of hydrogen-bond donors (Lipinski definition) is 3. The van der Waals surface area contributed by atoms with Crippen LogP contribution in [0.1, 0.15) is 0 Å². The molecule has 0 radical (unpaired) electrons. The molecule has 0 bridgehead atoms. The van der Waals surface area contributed by atoms with Gasteiger partial charge in [0.1, 0.15) is 12.3 Å². The Bertz CT molecular complexity index is 270. The fourth-order valence-corrected chi connectivity index (χ4v) is 1.75. The van der Waals surface area contributed by atoms with E-state index in [0.29, 0.717) is 5.11 Å².